The second kappa shape index (κ2) is 9.59. The predicted octanol–water partition coefficient (Wildman–Crippen LogP) is 0.991. The van der Waals surface area contributed by atoms with E-state index in [0.29, 0.717) is 13.0 Å². The number of carbonyl (C=O) groups excluding carboxylic acids is 1. The van der Waals surface area contributed by atoms with Crippen molar-refractivity contribution in [1.29, 1.82) is 0 Å². The highest BCUT2D eigenvalue weighted by atomic mass is 32.2. The number of rotatable bonds is 9. The van der Waals surface area contributed by atoms with E-state index in [4.69, 9.17) is 0 Å². The van der Waals surface area contributed by atoms with Gasteiger partial charge in [0.1, 0.15) is 4.90 Å². The Bertz CT molecular complexity index is 827. The molecule has 1 unspecified atom stereocenters. The zero-order chi connectivity index (χ0) is 19.9. The van der Waals surface area contributed by atoms with Crippen LogP contribution < -0.4 is 5.32 Å². The summed E-state index contributed by atoms with van der Waals surface area (Å²) in [6, 6.07) is 12.8. The van der Waals surface area contributed by atoms with Gasteiger partial charge >= 0.3 is 0 Å². The zero-order valence-corrected chi connectivity index (χ0v) is 16.7. The number of nitrogens with zero attached hydrogens (tertiary/aromatic N) is 3. The van der Waals surface area contributed by atoms with Crippen LogP contribution >= 0.6 is 0 Å². The second-order valence-electron chi connectivity index (χ2n) is 6.67. The van der Waals surface area contributed by atoms with Crippen LogP contribution in [-0.4, -0.2) is 68.8 Å². The molecule has 8 heteroatoms. The highest BCUT2D eigenvalue weighted by Crippen LogP contribution is 2.12. The summed E-state index contributed by atoms with van der Waals surface area (Å²) < 4.78 is 26.1. The van der Waals surface area contributed by atoms with E-state index < -0.39 is 10.0 Å². The Labute approximate surface area is 161 Å². The number of carbonyl (C=O) groups is 1. The first kappa shape index (κ1) is 21.0. The van der Waals surface area contributed by atoms with Crippen LogP contribution in [-0.2, 0) is 21.2 Å². The van der Waals surface area contributed by atoms with E-state index in [1.807, 2.05) is 49.3 Å². The number of aromatic nitrogens is 1. The van der Waals surface area contributed by atoms with E-state index in [0.717, 1.165) is 9.87 Å². The van der Waals surface area contributed by atoms with Crippen molar-refractivity contribution in [2.24, 2.45) is 0 Å². The van der Waals surface area contributed by atoms with Crippen LogP contribution in [0.25, 0.3) is 0 Å². The van der Waals surface area contributed by atoms with Crippen molar-refractivity contribution < 1.29 is 13.2 Å². The molecule has 2 aromatic rings. The molecule has 0 aliphatic rings. The van der Waals surface area contributed by atoms with Gasteiger partial charge < -0.3 is 10.2 Å². The lowest BCUT2D eigenvalue weighted by atomic mass is 10.1. The van der Waals surface area contributed by atoms with E-state index in [1.54, 1.807) is 6.07 Å². The Morgan fingerprint density at radius 3 is 2.41 bits per heavy atom. The average molecular weight is 391 g/mol. The number of hydrogen-bond donors (Lipinski definition) is 1. The van der Waals surface area contributed by atoms with E-state index in [9.17, 15) is 13.2 Å². The van der Waals surface area contributed by atoms with Crippen molar-refractivity contribution in [3.05, 3.63) is 60.4 Å². The van der Waals surface area contributed by atoms with Crippen LogP contribution in [0.3, 0.4) is 0 Å². The van der Waals surface area contributed by atoms with Gasteiger partial charge in [-0.1, -0.05) is 30.3 Å². The molecule has 0 saturated carbocycles. The quantitative estimate of drug-likeness (QED) is 0.690. The number of amides is 1. The summed E-state index contributed by atoms with van der Waals surface area (Å²) in [7, 11) is 1.50. The van der Waals surface area contributed by atoms with E-state index in [1.165, 1.54) is 25.5 Å². The normalized spacial score (nSPS) is 12.9. The van der Waals surface area contributed by atoms with Gasteiger partial charge in [0.25, 0.3) is 0 Å². The fraction of sp³-hybridized carbons (Fsp3) is 0.368. The highest BCUT2D eigenvalue weighted by Gasteiger charge is 2.24. The topological polar surface area (TPSA) is 82.6 Å². The Morgan fingerprint density at radius 1 is 1.11 bits per heavy atom. The lowest BCUT2D eigenvalue weighted by molar-refractivity contribution is -0.121. The predicted molar refractivity (Wildman–Crippen MR) is 105 cm³/mol. The van der Waals surface area contributed by atoms with Crippen molar-refractivity contribution in [3.8, 4) is 0 Å². The Balaban J connectivity index is 2.02. The van der Waals surface area contributed by atoms with Crippen LogP contribution in [0.2, 0.25) is 0 Å². The summed E-state index contributed by atoms with van der Waals surface area (Å²) in [6.07, 6.45) is 3.44. The first-order chi connectivity index (χ1) is 12.8. The molecule has 1 aromatic heterocycles. The van der Waals surface area contributed by atoms with Gasteiger partial charge in [0, 0.05) is 32.0 Å². The molecule has 1 atom stereocenters. The first-order valence-electron chi connectivity index (χ1n) is 8.63. The number of likely N-dealkylation sites (N-methyl/N-ethyl adjacent to an activating group) is 2. The molecular weight excluding hydrogens is 364 g/mol. The lowest BCUT2D eigenvalue weighted by Crippen LogP contribution is -2.47. The molecule has 1 aromatic carbocycles. The number of sulfonamides is 1. The minimum atomic E-state index is -3.75. The van der Waals surface area contributed by atoms with Gasteiger partial charge in [-0.2, -0.15) is 4.31 Å². The maximum atomic E-state index is 12.5. The molecule has 0 bridgehead atoms. The maximum absolute atomic E-state index is 12.5. The van der Waals surface area contributed by atoms with Crippen LogP contribution in [0.4, 0.5) is 0 Å². The monoisotopic (exact) mass is 390 g/mol. The summed E-state index contributed by atoms with van der Waals surface area (Å²) in [5.41, 5.74) is 1.11. The standard InChI is InChI=1S/C19H26N4O3S/c1-22(2)14-17(12-16-8-5-4-6-9-16)21-19(24)15-23(3)27(25,26)18-10-7-11-20-13-18/h4-11,13,17H,12,14-15H2,1-3H3,(H,21,24). The first-order valence-corrected chi connectivity index (χ1v) is 10.1. The van der Waals surface area contributed by atoms with Gasteiger partial charge in [0.2, 0.25) is 15.9 Å². The molecule has 0 aliphatic carbocycles. The fourth-order valence-electron chi connectivity index (χ4n) is 2.74. The van der Waals surface area contributed by atoms with Crippen molar-refractivity contribution in [2.45, 2.75) is 17.4 Å². The Hall–Kier alpha value is -2.29. The molecule has 0 saturated heterocycles. The number of hydrogen-bond acceptors (Lipinski definition) is 5. The van der Waals surface area contributed by atoms with Gasteiger partial charge in [-0.3, -0.25) is 9.78 Å². The number of benzene rings is 1. The highest BCUT2D eigenvalue weighted by molar-refractivity contribution is 7.89. The van der Waals surface area contributed by atoms with Gasteiger partial charge in [0.15, 0.2) is 0 Å². The molecular formula is C19H26N4O3S. The summed E-state index contributed by atoms with van der Waals surface area (Å²) in [6.45, 7) is 0.398. The third-order valence-corrected chi connectivity index (χ3v) is 5.77. The van der Waals surface area contributed by atoms with Crippen LogP contribution in [0.15, 0.2) is 59.8 Å². The van der Waals surface area contributed by atoms with E-state index in [2.05, 4.69) is 10.3 Å². The van der Waals surface area contributed by atoms with Gasteiger partial charge in [-0.05, 0) is 38.2 Å². The maximum Gasteiger partial charge on any atom is 0.244 e. The molecule has 1 heterocycles. The zero-order valence-electron chi connectivity index (χ0n) is 15.9. The largest absolute Gasteiger partial charge is 0.351 e. The number of nitrogens with one attached hydrogen (secondary N) is 1. The van der Waals surface area contributed by atoms with Gasteiger partial charge in [0.05, 0.1) is 6.54 Å². The molecule has 7 nitrogen and oxygen atoms in total. The van der Waals surface area contributed by atoms with E-state index >= 15 is 0 Å². The van der Waals surface area contributed by atoms with Crippen molar-refractivity contribution in [3.63, 3.8) is 0 Å². The molecule has 2 rings (SSSR count). The molecule has 27 heavy (non-hydrogen) atoms. The van der Waals surface area contributed by atoms with Crippen LogP contribution in [0.5, 0.6) is 0 Å². The lowest BCUT2D eigenvalue weighted by Gasteiger charge is -2.24. The Kier molecular flexibility index (Phi) is 7.46. The minimum absolute atomic E-state index is 0.0643. The minimum Gasteiger partial charge on any atom is -0.351 e. The fourth-order valence-corrected chi connectivity index (χ4v) is 3.83. The third-order valence-electron chi connectivity index (χ3n) is 3.98. The van der Waals surface area contributed by atoms with Gasteiger partial charge in [-0.15, -0.1) is 0 Å². The van der Waals surface area contributed by atoms with Crippen molar-refractivity contribution >= 4 is 15.9 Å². The SMILES string of the molecule is CN(C)CC(Cc1ccccc1)NC(=O)CN(C)S(=O)(=O)c1cccnc1. The summed E-state index contributed by atoms with van der Waals surface area (Å²) in [5, 5.41) is 2.95. The van der Waals surface area contributed by atoms with Crippen LogP contribution in [0, 0.1) is 0 Å². The molecule has 1 N–H and O–H groups in total. The molecule has 0 aliphatic heterocycles. The molecule has 146 valence electrons. The summed E-state index contributed by atoms with van der Waals surface area (Å²) in [5.74, 6) is -0.340. The average Bonchev–Trinajstić information content (AvgIpc) is 2.62. The molecule has 0 fully saturated rings. The summed E-state index contributed by atoms with van der Waals surface area (Å²) >= 11 is 0. The summed E-state index contributed by atoms with van der Waals surface area (Å²) in [4.78, 5) is 18.3. The molecule has 0 radical (unpaired) electrons. The van der Waals surface area contributed by atoms with Crippen molar-refractivity contribution in [2.75, 3.05) is 34.2 Å². The van der Waals surface area contributed by atoms with Gasteiger partial charge in [-0.25, -0.2) is 8.42 Å². The smallest absolute Gasteiger partial charge is 0.244 e. The van der Waals surface area contributed by atoms with Crippen LogP contribution in [0.1, 0.15) is 5.56 Å². The van der Waals surface area contributed by atoms with E-state index in [-0.39, 0.29) is 23.4 Å². The third kappa shape index (κ3) is 6.42. The molecule has 0 spiro atoms. The number of pyridine rings is 1. The molecule has 1 amide bonds. The second-order valence-corrected chi connectivity index (χ2v) is 8.71. The van der Waals surface area contributed by atoms with Crippen molar-refractivity contribution in [1.82, 2.24) is 19.5 Å². The Morgan fingerprint density at radius 2 is 1.81 bits per heavy atom.